The van der Waals surface area contributed by atoms with E-state index in [1.54, 1.807) is 13.4 Å². The Morgan fingerprint density at radius 1 is 0.815 bits per heavy atom. The van der Waals surface area contributed by atoms with Crippen molar-refractivity contribution >= 4 is 23.2 Å². The Labute approximate surface area is 164 Å². The van der Waals surface area contributed by atoms with Gasteiger partial charge >= 0.3 is 0 Å². The normalized spacial score (nSPS) is 10.4. The summed E-state index contributed by atoms with van der Waals surface area (Å²) in [5.74, 6) is 2.50. The molecule has 0 aliphatic heterocycles. The highest BCUT2D eigenvalue weighted by molar-refractivity contribution is 6.30. The van der Waals surface area contributed by atoms with E-state index in [0.29, 0.717) is 0 Å². The van der Waals surface area contributed by atoms with Crippen LogP contribution in [0.4, 0.5) is 11.6 Å². The Kier molecular flexibility index (Phi) is 6.88. The summed E-state index contributed by atoms with van der Waals surface area (Å²) in [7, 11) is 1.67. The topological polar surface area (TPSA) is 59.1 Å². The van der Waals surface area contributed by atoms with Crippen LogP contribution in [0.15, 0.2) is 60.9 Å². The summed E-state index contributed by atoms with van der Waals surface area (Å²) in [4.78, 5) is 8.55. The van der Waals surface area contributed by atoms with Crippen molar-refractivity contribution in [2.45, 2.75) is 12.8 Å². The Morgan fingerprint density at radius 2 is 1.33 bits per heavy atom. The first-order valence-electron chi connectivity index (χ1n) is 8.90. The smallest absolute Gasteiger partial charge is 0.131 e. The Hall–Kier alpha value is -2.79. The number of anilines is 2. The van der Waals surface area contributed by atoms with Gasteiger partial charge in [-0.15, -0.1) is 0 Å². The zero-order chi connectivity index (χ0) is 18.9. The van der Waals surface area contributed by atoms with Crippen molar-refractivity contribution in [3.05, 3.63) is 77.1 Å². The number of hydrogen-bond donors (Lipinski definition) is 2. The lowest BCUT2D eigenvalue weighted by molar-refractivity contribution is 0.414. The molecule has 0 aliphatic carbocycles. The van der Waals surface area contributed by atoms with Crippen molar-refractivity contribution < 1.29 is 4.74 Å². The summed E-state index contributed by atoms with van der Waals surface area (Å²) in [6.07, 6.45) is 3.38. The molecule has 0 unspecified atom stereocenters. The third kappa shape index (κ3) is 6.15. The van der Waals surface area contributed by atoms with Crippen molar-refractivity contribution in [1.82, 2.24) is 9.97 Å². The van der Waals surface area contributed by atoms with Crippen LogP contribution in [0, 0.1) is 0 Å². The molecule has 0 saturated heterocycles. The zero-order valence-corrected chi connectivity index (χ0v) is 16.0. The molecule has 0 aliphatic rings. The molecule has 2 N–H and O–H groups in total. The highest BCUT2D eigenvalue weighted by Gasteiger charge is 2.00. The number of aromatic nitrogens is 2. The first-order chi connectivity index (χ1) is 13.2. The molecule has 0 fully saturated rings. The second-order valence-corrected chi connectivity index (χ2v) is 6.55. The molecule has 0 saturated carbocycles. The molecule has 0 radical (unpaired) electrons. The summed E-state index contributed by atoms with van der Waals surface area (Å²) in [5, 5.41) is 7.43. The highest BCUT2D eigenvalue weighted by Crippen LogP contribution is 2.13. The molecule has 5 nitrogen and oxygen atoms in total. The Morgan fingerprint density at radius 3 is 1.85 bits per heavy atom. The molecule has 0 spiro atoms. The summed E-state index contributed by atoms with van der Waals surface area (Å²) in [6.45, 7) is 1.59. The predicted molar refractivity (Wildman–Crippen MR) is 111 cm³/mol. The van der Waals surface area contributed by atoms with E-state index < -0.39 is 0 Å². The number of benzene rings is 2. The predicted octanol–water partition coefficient (Wildman–Crippen LogP) is 4.45. The molecule has 2 aromatic carbocycles. The van der Waals surface area contributed by atoms with Crippen molar-refractivity contribution in [1.29, 1.82) is 0 Å². The minimum Gasteiger partial charge on any atom is -0.497 e. The average Bonchev–Trinajstić information content (AvgIpc) is 2.70. The molecular weight excluding hydrogens is 360 g/mol. The number of hydrogen-bond acceptors (Lipinski definition) is 5. The van der Waals surface area contributed by atoms with Gasteiger partial charge in [0.1, 0.15) is 23.7 Å². The molecule has 0 atom stereocenters. The molecular formula is C21H23ClN4O. The van der Waals surface area contributed by atoms with E-state index in [2.05, 4.69) is 32.7 Å². The van der Waals surface area contributed by atoms with Crippen LogP contribution in [0.3, 0.4) is 0 Å². The minimum atomic E-state index is 0.757. The van der Waals surface area contributed by atoms with Gasteiger partial charge in [-0.2, -0.15) is 0 Å². The van der Waals surface area contributed by atoms with E-state index in [1.165, 1.54) is 11.1 Å². The molecule has 1 aromatic heterocycles. The maximum Gasteiger partial charge on any atom is 0.131 e. The van der Waals surface area contributed by atoms with Gasteiger partial charge in [0.25, 0.3) is 0 Å². The quantitative estimate of drug-likeness (QED) is 0.572. The van der Waals surface area contributed by atoms with Crippen molar-refractivity contribution in [3.8, 4) is 5.75 Å². The molecule has 6 heteroatoms. The number of rotatable bonds is 9. The standard InChI is InChI=1S/C21H23ClN4O/c1-27-19-8-4-17(5-9-19)11-13-24-21-14-20(25-15-26-21)23-12-10-16-2-6-18(22)7-3-16/h2-9,14-15H,10-13H2,1H3,(H2,23,24,25,26). The SMILES string of the molecule is COc1ccc(CCNc2cc(NCCc3ccc(Cl)cc3)ncn2)cc1. The monoisotopic (exact) mass is 382 g/mol. The number of nitrogens with one attached hydrogen (secondary N) is 2. The van der Waals surface area contributed by atoms with Gasteiger partial charge in [0, 0.05) is 24.2 Å². The minimum absolute atomic E-state index is 0.757. The first-order valence-corrected chi connectivity index (χ1v) is 9.28. The number of halogens is 1. The third-order valence-electron chi connectivity index (χ3n) is 4.18. The Balaban J connectivity index is 1.44. The van der Waals surface area contributed by atoms with Gasteiger partial charge in [0.15, 0.2) is 0 Å². The highest BCUT2D eigenvalue weighted by atomic mass is 35.5. The van der Waals surface area contributed by atoms with Crippen LogP contribution in [0.1, 0.15) is 11.1 Å². The van der Waals surface area contributed by atoms with Gasteiger partial charge in [-0.25, -0.2) is 9.97 Å². The van der Waals surface area contributed by atoms with E-state index in [4.69, 9.17) is 16.3 Å². The van der Waals surface area contributed by atoms with E-state index >= 15 is 0 Å². The lowest BCUT2D eigenvalue weighted by Gasteiger charge is -2.09. The molecule has 0 bridgehead atoms. The summed E-state index contributed by atoms with van der Waals surface area (Å²) < 4.78 is 5.18. The van der Waals surface area contributed by atoms with Crippen LogP contribution in [0.5, 0.6) is 5.75 Å². The largest absolute Gasteiger partial charge is 0.497 e. The average molecular weight is 383 g/mol. The summed E-state index contributed by atoms with van der Waals surface area (Å²) in [5.41, 5.74) is 2.48. The molecule has 1 heterocycles. The van der Waals surface area contributed by atoms with Crippen LogP contribution < -0.4 is 15.4 Å². The maximum absolute atomic E-state index is 5.91. The van der Waals surface area contributed by atoms with Crippen LogP contribution in [-0.2, 0) is 12.8 Å². The number of ether oxygens (including phenoxy) is 1. The summed E-state index contributed by atoms with van der Waals surface area (Å²) >= 11 is 5.91. The fourth-order valence-electron chi connectivity index (χ4n) is 2.66. The van der Waals surface area contributed by atoms with Gasteiger partial charge in [0.05, 0.1) is 7.11 Å². The second kappa shape index (κ2) is 9.78. The molecule has 0 amide bonds. The summed E-state index contributed by atoms with van der Waals surface area (Å²) in [6, 6.07) is 17.9. The lowest BCUT2D eigenvalue weighted by Crippen LogP contribution is -2.09. The van der Waals surface area contributed by atoms with Gasteiger partial charge in [-0.05, 0) is 48.2 Å². The zero-order valence-electron chi connectivity index (χ0n) is 15.3. The van der Waals surface area contributed by atoms with E-state index in [1.807, 2.05) is 42.5 Å². The van der Waals surface area contributed by atoms with Crippen LogP contribution in [0.2, 0.25) is 5.02 Å². The van der Waals surface area contributed by atoms with Gasteiger partial charge < -0.3 is 15.4 Å². The maximum atomic E-state index is 5.91. The first kappa shape index (κ1) is 19.0. The van der Waals surface area contributed by atoms with Crippen LogP contribution in [-0.4, -0.2) is 30.2 Å². The van der Waals surface area contributed by atoms with E-state index in [-0.39, 0.29) is 0 Å². The third-order valence-corrected chi connectivity index (χ3v) is 4.43. The second-order valence-electron chi connectivity index (χ2n) is 6.12. The molecule has 140 valence electrons. The van der Waals surface area contributed by atoms with Crippen molar-refractivity contribution in [3.63, 3.8) is 0 Å². The van der Waals surface area contributed by atoms with Crippen LogP contribution in [0.25, 0.3) is 0 Å². The van der Waals surface area contributed by atoms with Gasteiger partial charge in [0.2, 0.25) is 0 Å². The van der Waals surface area contributed by atoms with Gasteiger partial charge in [-0.1, -0.05) is 35.9 Å². The van der Waals surface area contributed by atoms with Crippen molar-refractivity contribution in [2.24, 2.45) is 0 Å². The van der Waals surface area contributed by atoms with Crippen LogP contribution >= 0.6 is 11.6 Å². The van der Waals surface area contributed by atoms with Gasteiger partial charge in [-0.3, -0.25) is 0 Å². The lowest BCUT2D eigenvalue weighted by atomic mass is 10.1. The number of methoxy groups -OCH3 is 1. The number of nitrogens with zero attached hydrogens (tertiary/aromatic N) is 2. The van der Waals surface area contributed by atoms with E-state index in [9.17, 15) is 0 Å². The van der Waals surface area contributed by atoms with Crippen molar-refractivity contribution in [2.75, 3.05) is 30.8 Å². The van der Waals surface area contributed by atoms with E-state index in [0.717, 1.165) is 48.3 Å². The molecule has 3 aromatic rings. The molecule has 27 heavy (non-hydrogen) atoms. The fraction of sp³-hybridized carbons (Fsp3) is 0.238. The molecule has 3 rings (SSSR count). The fourth-order valence-corrected chi connectivity index (χ4v) is 2.79. The Bertz CT molecular complexity index is 838.